The minimum atomic E-state index is 0.737. The second-order valence-corrected chi connectivity index (χ2v) is 4.51. The third kappa shape index (κ3) is 4.22. The lowest BCUT2D eigenvalue weighted by Crippen LogP contribution is -2.28. The number of anilines is 1. The molecule has 0 aliphatic rings. The van der Waals surface area contributed by atoms with Gasteiger partial charge in [0, 0.05) is 20.2 Å². The summed E-state index contributed by atoms with van der Waals surface area (Å²) < 4.78 is 10.7. The van der Waals surface area contributed by atoms with Crippen LogP contribution < -0.4 is 9.64 Å². The zero-order valence-electron chi connectivity index (χ0n) is 12.0. The van der Waals surface area contributed by atoms with Crippen molar-refractivity contribution in [3.8, 4) is 5.75 Å². The summed E-state index contributed by atoms with van der Waals surface area (Å²) in [6, 6.07) is 6.30. The Balaban J connectivity index is 2.90. The molecule has 1 aromatic rings. The Labute approximate surface area is 111 Å². The van der Waals surface area contributed by atoms with Crippen LogP contribution in [0.3, 0.4) is 0 Å². The third-order valence-electron chi connectivity index (χ3n) is 3.02. The molecule has 0 N–H and O–H groups in total. The highest BCUT2D eigenvalue weighted by Gasteiger charge is 2.11. The van der Waals surface area contributed by atoms with Crippen LogP contribution in [-0.4, -0.2) is 33.9 Å². The van der Waals surface area contributed by atoms with Gasteiger partial charge in [-0.25, -0.2) is 0 Å². The Morgan fingerprint density at radius 3 is 2.56 bits per heavy atom. The zero-order valence-corrected chi connectivity index (χ0v) is 12.0. The summed E-state index contributed by atoms with van der Waals surface area (Å²) in [6.45, 7) is 7.00. The molecular formula is C15H25NO2. The number of ether oxygens (including phenoxy) is 2. The molecular weight excluding hydrogens is 226 g/mol. The fraction of sp³-hybridized carbons (Fsp3) is 0.600. The number of rotatable bonds is 8. The smallest absolute Gasteiger partial charge is 0.142 e. The maximum Gasteiger partial charge on any atom is 0.142 e. The first kappa shape index (κ1) is 14.8. The Morgan fingerprint density at radius 1 is 1.17 bits per heavy atom. The molecule has 1 aromatic carbocycles. The number of nitrogens with zero attached hydrogens (tertiary/aromatic N) is 1. The molecule has 0 atom stereocenters. The van der Waals surface area contributed by atoms with Crippen LogP contribution >= 0.6 is 0 Å². The molecule has 0 spiro atoms. The van der Waals surface area contributed by atoms with Crippen LogP contribution in [0.2, 0.25) is 0 Å². The predicted octanol–water partition coefficient (Wildman–Crippen LogP) is 3.26. The fourth-order valence-corrected chi connectivity index (χ4v) is 1.95. The summed E-state index contributed by atoms with van der Waals surface area (Å²) in [6.07, 6.45) is 2.37. The first-order chi connectivity index (χ1) is 8.72. The van der Waals surface area contributed by atoms with Crippen molar-refractivity contribution in [2.45, 2.75) is 26.7 Å². The largest absolute Gasteiger partial charge is 0.495 e. The second kappa shape index (κ2) is 7.98. The molecule has 102 valence electrons. The van der Waals surface area contributed by atoms with Gasteiger partial charge in [0.2, 0.25) is 0 Å². The second-order valence-electron chi connectivity index (χ2n) is 4.51. The van der Waals surface area contributed by atoms with Gasteiger partial charge in [0.1, 0.15) is 5.75 Å². The number of hydrogen-bond acceptors (Lipinski definition) is 3. The average Bonchev–Trinajstić information content (AvgIpc) is 2.39. The molecule has 1 rings (SSSR count). The van der Waals surface area contributed by atoms with E-state index in [1.807, 2.05) is 6.07 Å². The summed E-state index contributed by atoms with van der Waals surface area (Å²) in [7, 11) is 3.47. The Morgan fingerprint density at radius 2 is 1.94 bits per heavy atom. The van der Waals surface area contributed by atoms with E-state index in [4.69, 9.17) is 9.47 Å². The van der Waals surface area contributed by atoms with E-state index in [1.165, 1.54) is 24.1 Å². The standard InChI is InChI=1S/C15H25NO2/c1-5-6-9-16(10-11-17-3)14-12-13(2)7-8-15(14)18-4/h7-8,12H,5-6,9-11H2,1-4H3. The SMILES string of the molecule is CCCCN(CCOC)c1cc(C)ccc1OC. The lowest BCUT2D eigenvalue weighted by atomic mass is 10.1. The molecule has 0 saturated heterocycles. The van der Waals surface area contributed by atoms with Gasteiger partial charge < -0.3 is 14.4 Å². The predicted molar refractivity (Wildman–Crippen MR) is 76.7 cm³/mol. The van der Waals surface area contributed by atoms with E-state index >= 15 is 0 Å². The normalized spacial score (nSPS) is 10.4. The van der Waals surface area contributed by atoms with E-state index in [9.17, 15) is 0 Å². The van der Waals surface area contributed by atoms with Crippen LogP contribution in [0.5, 0.6) is 5.75 Å². The van der Waals surface area contributed by atoms with Crippen molar-refractivity contribution in [2.24, 2.45) is 0 Å². The molecule has 0 saturated carbocycles. The molecule has 0 unspecified atom stereocenters. The Hall–Kier alpha value is -1.22. The summed E-state index contributed by atoms with van der Waals surface area (Å²) in [5, 5.41) is 0. The van der Waals surface area contributed by atoms with Gasteiger partial charge in [-0.2, -0.15) is 0 Å². The lowest BCUT2D eigenvalue weighted by molar-refractivity contribution is 0.205. The van der Waals surface area contributed by atoms with E-state index < -0.39 is 0 Å². The monoisotopic (exact) mass is 251 g/mol. The average molecular weight is 251 g/mol. The van der Waals surface area contributed by atoms with Gasteiger partial charge in [0.05, 0.1) is 19.4 Å². The van der Waals surface area contributed by atoms with E-state index in [0.717, 1.165) is 25.4 Å². The molecule has 18 heavy (non-hydrogen) atoms. The van der Waals surface area contributed by atoms with Crippen LogP contribution in [0.4, 0.5) is 5.69 Å². The number of aryl methyl sites for hydroxylation is 1. The van der Waals surface area contributed by atoms with Crippen molar-refractivity contribution in [3.05, 3.63) is 23.8 Å². The lowest BCUT2D eigenvalue weighted by Gasteiger charge is -2.26. The van der Waals surface area contributed by atoms with Crippen LogP contribution in [0.25, 0.3) is 0 Å². The molecule has 3 heteroatoms. The van der Waals surface area contributed by atoms with Gasteiger partial charge in [-0.3, -0.25) is 0 Å². The number of benzene rings is 1. The van der Waals surface area contributed by atoms with Gasteiger partial charge in [-0.15, -0.1) is 0 Å². The maximum atomic E-state index is 5.46. The van der Waals surface area contributed by atoms with Gasteiger partial charge in [-0.1, -0.05) is 19.4 Å². The number of methoxy groups -OCH3 is 2. The highest BCUT2D eigenvalue weighted by Crippen LogP contribution is 2.29. The molecule has 0 amide bonds. The number of unbranched alkanes of at least 4 members (excludes halogenated alkanes) is 1. The highest BCUT2D eigenvalue weighted by molar-refractivity contribution is 5.60. The quantitative estimate of drug-likeness (QED) is 0.708. The van der Waals surface area contributed by atoms with E-state index in [2.05, 4.69) is 30.9 Å². The summed E-state index contributed by atoms with van der Waals surface area (Å²) in [5.41, 5.74) is 2.42. The van der Waals surface area contributed by atoms with Crippen molar-refractivity contribution in [1.29, 1.82) is 0 Å². The molecule has 0 heterocycles. The molecule has 0 radical (unpaired) electrons. The van der Waals surface area contributed by atoms with E-state index in [1.54, 1.807) is 14.2 Å². The van der Waals surface area contributed by atoms with Crippen LogP contribution in [-0.2, 0) is 4.74 Å². The van der Waals surface area contributed by atoms with Gasteiger partial charge in [-0.05, 0) is 31.0 Å². The molecule has 0 aliphatic carbocycles. The molecule has 0 aromatic heterocycles. The summed E-state index contributed by atoms with van der Waals surface area (Å²) in [4.78, 5) is 2.35. The van der Waals surface area contributed by atoms with Crippen LogP contribution in [0.15, 0.2) is 18.2 Å². The van der Waals surface area contributed by atoms with Gasteiger partial charge in [0.15, 0.2) is 0 Å². The van der Waals surface area contributed by atoms with Crippen molar-refractivity contribution in [1.82, 2.24) is 0 Å². The van der Waals surface area contributed by atoms with Gasteiger partial charge in [0.25, 0.3) is 0 Å². The molecule has 0 aliphatic heterocycles. The molecule has 3 nitrogen and oxygen atoms in total. The first-order valence-corrected chi connectivity index (χ1v) is 6.61. The van der Waals surface area contributed by atoms with E-state index in [-0.39, 0.29) is 0 Å². The topological polar surface area (TPSA) is 21.7 Å². The van der Waals surface area contributed by atoms with Crippen molar-refractivity contribution in [3.63, 3.8) is 0 Å². The zero-order chi connectivity index (χ0) is 13.4. The minimum absolute atomic E-state index is 0.737. The van der Waals surface area contributed by atoms with Crippen LogP contribution in [0, 0.1) is 6.92 Å². The minimum Gasteiger partial charge on any atom is -0.495 e. The molecule has 0 bridgehead atoms. The maximum absolute atomic E-state index is 5.46. The van der Waals surface area contributed by atoms with Crippen LogP contribution in [0.1, 0.15) is 25.3 Å². The molecule has 0 fully saturated rings. The van der Waals surface area contributed by atoms with Crippen molar-refractivity contribution >= 4 is 5.69 Å². The Bertz CT molecular complexity index is 344. The number of hydrogen-bond donors (Lipinski definition) is 0. The summed E-state index contributed by atoms with van der Waals surface area (Å²) in [5.74, 6) is 0.938. The fourth-order valence-electron chi connectivity index (χ4n) is 1.95. The third-order valence-corrected chi connectivity index (χ3v) is 3.02. The van der Waals surface area contributed by atoms with E-state index in [0.29, 0.717) is 0 Å². The van der Waals surface area contributed by atoms with Crippen molar-refractivity contribution in [2.75, 3.05) is 38.8 Å². The van der Waals surface area contributed by atoms with Gasteiger partial charge >= 0.3 is 0 Å². The first-order valence-electron chi connectivity index (χ1n) is 6.61. The van der Waals surface area contributed by atoms with Crippen molar-refractivity contribution < 1.29 is 9.47 Å². The highest BCUT2D eigenvalue weighted by atomic mass is 16.5. The Kier molecular flexibility index (Phi) is 6.58. The summed E-state index contributed by atoms with van der Waals surface area (Å²) >= 11 is 0.